The number of aromatic nitrogens is 1. The van der Waals surface area contributed by atoms with Crippen LogP contribution in [0.2, 0.25) is 5.02 Å². The van der Waals surface area contributed by atoms with E-state index < -0.39 is 35.2 Å². The Labute approximate surface area is 146 Å². The minimum Gasteiger partial charge on any atom is -0.393 e. The van der Waals surface area contributed by atoms with Crippen LogP contribution in [0.25, 0.3) is 0 Å². The van der Waals surface area contributed by atoms with Crippen molar-refractivity contribution in [1.82, 2.24) is 10.3 Å². The van der Waals surface area contributed by atoms with Gasteiger partial charge in [-0.05, 0) is 30.9 Å². The van der Waals surface area contributed by atoms with Gasteiger partial charge in [0, 0.05) is 17.8 Å². The smallest absolute Gasteiger partial charge is 0.260 e. The summed E-state index contributed by atoms with van der Waals surface area (Å²) < 4.78 is 27.3. The first-order valence-corrected chi connectivity index (χ1v) is 8.05. The Hall–Kier alpha value is -2.25. The molecule has 1 aromatic carbocycles. The van der Waals surface area contributed by atoms with E-state index >= 15 is 0 Å². The lowest BCUT2D eigenvalue weighted by atomic mass is 9.75. The van der Waals surface area contributed by atoms with Crippen molar-refractivity contribution in [2.24, 2.45) is 5.92 Å². The van der Waals surface area contributed by atoms with Gasteiger partial charge in [0.25, 0.3) is 11.5 Å². The Balaban J connectivity index is 1.91. The largest absolute Gasteiger partial charge is 0.393 e. The van der Waals surface area contributed by atoms with Gasteiger partial charge in [-0.15, -0.1) is 0 Å². The van der Waals surface area contributed by atoms with Crippen molar-refractivity contribution in [1.29, 1.82) is 0 Å². The lowest BCUT2D eigenvalue weighted by Gasteiger charge is -2.38. The molecule has 1 atom stereocenters. The first-order chi connectivity index (χ1) is 11.8. The second-order valence-corrected chi connectivity index (χ2v) is 6.50. The minimum absolute atomic E-state index is 0.102. The molecule has 2 aromatic rings. The molecule has 1 saturated carbocycles. The second kappa shape index (κ2) is 6.93. The Morgan fingerprint density at radius 1 is 1.32 bits per heavy atom. The number of carbonyl (C=O) groups excluding carboxylic acids is 1. The third-order valence-electron chi connectivity index (χ3n) is 4.32. The predicted molar refractivity (Wildman–Crippen MR) is 87.4 cm³/mol. The monoisotopic (exact) mass is 368 g/mol. The fourth-order valence-corrected chi connectivity index (χ4v) is 3.11. The summed E-state index contributed by atoms with van der Waals surface area (Å²) >= 11 is 5.79. The van der Waals surface area contributed by atoms with Crippen LogP contribution in [-0.4, -0.2) is 22.1 Å². The molecular weight excluding hydrogens is 354 g/mol. The van der Waals surface area contributed by atoms with E-state index in [0.717, 1.165) is 12.1 Å². The molecule has 1 heterocycles. The van der Waals surface area contributed by atoms with E-state index in [0.29, 0.717) is 12.8 Å². The van der Waals surface area contributed by atoms with Gasteiger partial charge in [-0.2, -0.15) is 0 Å². The maximum atomic E-state index is 14.2. The molecule has 0 spiro atoms. The summed E-state index contributed by atoms with van der Waals surface area (Å²) in [4.78, 5) is 26.6. The lowest BCUT2D eigenvalue weighted by molar-refractivity contribution is 0.0229. The lowest BCUT2D eigenvalue weighted by Crippen LogP contribution is -2.42. The fraction of sp³-hybridized carbons (Fsp3) is 0.294. The van der Waals surface area contributed by atoms with E-state index in [1.807, 2.05) is 0 Å². The Morgan fingerprint density at radius 2 is 2.04 bits per heavy atom. The highest BCUT2D eigenvalue weighted by Crippen LogP contribution is 2.39. The molecule has 132 valence electrons. The molecule has 0 saturated heterocycles. The number of hydrogen-bond acceptors (Lipinski definition) is 3. The van der Waals surface area contributed by atoms with Crippen molar-refractivity contribution >= 4 is 17.5 Å². The van der Waals surface area contributed by atoms with Gasteiger partial charge in [-0.1, -0.05) is 17.7 Å². The zero-order valence-corrected chi connectivity index (χ0v) is 13.7. The molecule has 0 bridgehead atoms. The summed E-state index contributed by atoms with van der Waals surface area (Å²) in [5.41, 5.74) is -0.737. The SMILES string of the molecule is O=C(NC(c1ccc(F)cc1F)C1CC(O)C1)c1cc(Cl)c[nH]c1=O. The first kappa shape index (κ1) is 17.6. The van der Waals surface area contributed by atoms with Crippen molar-refractivity contribution in [2.75, 3.05) is 0 Å². The average molecular weight is 369 g/mol. The van der Waals surface area contributed by atoms with Gasteiger partial charge in [-0.3, -0.25) is 9.59 Å². The predicted octanol–water partition coefficient (Wildman–Crippen LogP) is 2.55. The maximum Gasteiger partial charge on any atom is 0.260 e. The van der Waals surface area contributed by atoms with Gasteiger partial charge in [0.1, 0.15) is 17.2 Å². The molecule has 0 aliphatic heterocycles. The number of rotatable bonds is 4. The van der Waals surface area contributed by atoms with Gasteiger partial charge in [0.15, 0.2) is 0 Å². The summed E-state index contributed by atoms with van der Waals surface area (Å²) in [5.74, 6) is -2.48. The number of hydrogen-bond donors (Lipinski definition) is 3. The van der Waals surface area contributed by atoms with Crippen LogP contribution in [0.1, 0.15) is 34.8 Å². The molecule has 0 radical (unpaired) electrons. The quantitative estimate of drug-likeness (QED) is 0.775. The van der Waals surface area contributed by atoms with Crippen molar-refractivity contribution < 1.29 is 18.7 Å². The number of benzene rings is 1. The third kappa shape index (κ3) is 3.72. The van der Waals surface area contributed by atoms with Crippen molar-refractivity contribution in [3.63, 3.8) is 0 Å². The number of nitrogens with one attached hydrogen (secondary N) is 2. The van der Waals surface area contributed by atoms with E-state index in [2.05, 4.69) is 10.3 Å². The van der Waals surface area contributed by atoms with E-state index in [1.165, 1.54) is 18.3 Å². The van der Waals surface area contributed by atoms with Crippen molar-refractivity contribution in [2.45, 2.75) is 25.0 Å². The molecule has 3 N–H and O–H groups in total. The highest BCUT2D eigenvalue weighted by molar-refractivity contribution is 6.30. The highest BCUT2D eigenvalue weighted by atomic mass is 35.5. The summed E-state index contributed by atoms with van der Waals surface area (Å²) in [6.07, 6.45) is 1.46. The Bertz CT molecular complexity index is 865. The van der Waals surface area contributed by atoms with Crippen LogP contribution < -0.4 is 10.9 Å². The van der Waals surface area contributed by atoms with Gasteiger partial charge < -0.3 is 15.4 Å². The van der Waals surface area contributed by atoms with Gasteiger partial charge >= 0.3 is 0 Å². The van der Waals surface area contributed by atoms with Crippen LogP contribution in [0, 0.1) is 17.6 Å². The zero-order chi connectivity index (χ0) is 18.1. The molecule has 8 heteroatoms. The topological polar surface area (TPSA) is 82.2 Å². The van der Waals surface area contributed by atoms with Gasteiger partial charge in [0.2, 0.25) is 0 Å². The third-order valence-corrected chi connectivity index (χ3v) is 4.54. The summed E-state index contributed by atoms with van der Waals surface area (Å²) in [5, 5.41) is 12.3. The molecule has 1 amide bonds. The summed E-state index contributed by atoms with van der Waals surface area (Å²) in [6, 6.07) is 3.50. The molecule has 1 unspecified atom stereocenters. The van der Waals surface area contributed by atoms with E-state index in [4.69, 9.17) is 11.6 Å². The van der Waals surface area contributed by atoms with Crippen LogP contribution in [0.15, 0.2) is 35.3 Å². The van der Waals surface area contributed by atoms with E-state index in [1.54, 1.807) is 0 Å². The zero-order valence-electron chi connectivity index (χ0n) is 12.9. The van der Waals surface area contributed by atoms with Gasteiger partial charge in [0.05, 0.1) is 17.2 Å². The fourth-order valence-electron chi connectivity index (χ4n) is 2.95. The van der Waals surface area contributed by atoms with Crippen LogP contribution in [0.3, 0.4) is 0 Å². The van der Waals surface area contributed by atoms with E-state index in [-0.39, 0.29) is 22.1 Å². The standard InChI is InChI=1S/C17H15ClF2N2O3/c18-9-5-13(16(24)21-7-9)17(25)22-15(8-3-11(23)4-8)12-2-1-10(19)6-14(12)20/h1-2,5-8,11,15,23H,3-4H2,(H,21,24)(H,22,25). The summed E-state index contributed by atoms with van der Waals surface area (Å²) in [6.45, 7) is 0. The molecule has 3 rings (SSSR count). The number of halogens is 3. The number of aromatic amines is 1. The molecule has 5 nitrogen and oxygen atoms in total. The highest BCUT2D eigenvalue weighted by Gasteiger charge is 2.37. The number of H-pyrrole nitrogens is 1. The minimum atomic E-state index is -0.799. The molecule has 1 aliphatic carbocycles. The Morgan fingerprint density at radius 3 is 2.68 bits per heavy atom. The molecular formula is C17H15ClF2N2O3. The number of aliphatic hydroxyl groups is 1. The first-order valence-electron chi connectivity index (χ1n) is 7.67. The van der Waals surface area contributed by atoms with E-state index in [9.17, 15) is 23.5 Å². The second-order valence-electron chi connectivity index (χ2n) is 6.06. The normalized spacial score (nSPS) is 20.6. The summed E-state index contributed by atoms with van der Waals surface area (Å²) in [7, 11) is 0. The molecule has 1 fully saturated rings. The Kier molecular flexibility index (Phi) is 4.87. The molecule has 1 aliphatic rings. The van der Waals surface area contributed by atoms with Crippen LogP contribution in [-0.2, 0) is 0 Å². The van der Waals surface area contributed by atoms with Crippen LogP contribution in [0.4, 0.5) is 8.78 Å². The van der Waals surface area contributed by atoms with Crippen molar-refractivity contribution in [3.8, 4) is 0 Å². The average Bonchev–Trinajstić information content (AvgIpc) is 2.52. The van der Waals surface area contributed by atoms with Crippen LogP contribution >= 0.6 is 11.6 Å². The molecule has 25 heavy (non-hydrogen) atoms. The number of amides is 1. The molecule has 1 aromatic heterocycles. The number of aliphatic hydroxyl groups excluding tert-OH is 1. The number of carbonyl (C=O) groups is 1. The van der Waals surface area contributed by atoms with Crippen LogP contribution in [0.5, 0.6) is 0 Å². The van der Waals surface area contributed by atoms with Crippen molar-refractivity contribution in [3.05, 3.63) is 68.6 Å². The number of pyridine rings is 1. The van der Waals surface area contributed by atoms with Gasteiger partial charge in [-0.25, -0.2) is 8.78 Å². The maximum absolute atomic E-state index is 14.2.